The molecule has 1 N–H and O–H groups in total. The van der Waals surface area contributed by atoms with Crippen molar-refractivity contribution in [1.82, 2.24) is 15.1 Å². The van der Waals surface area contributed by atoms with Crippen LogP contribution in [0.2, 0.25) is 0 Å². The van der Waals surface area contributed by atoms with Gasteiger partial charge in [-0.25, -0.2) is 0 Å². The summed E-state index contributed by atoms with van der Waals surface area (Å²) in [6.45, 7) is 1.56. The molecule has 2 aliphatic heterocycles. The largest absolute Gasteiger partial charge is 0.341 e. The standard InChI is InChI=1S/C17H20BrN3O3/c1-19-12-3-2-7-20(10-12)15(22)6-8-21-16(23)13-5-4-11(18)9-14(13)17(21)24/h4-5,9,12,19H,2-3,6-8,10H2,1H3. The molecule has 1 atom stereocenters. The van der Waals surface area contributed by atoms with E-state index in [1.807, 2.05) is 11.9 Å². The van der Waals surface area contributed by atoms with Gasteiger partial charge in [0.1, 0.15) is 0 Å². The van der Waals surface area contributed by atoms with Gasteiger partial charge in [-0.15, -0.1) is 0 Å². The van der Waals surface area contributed by atoms with Crippen LogP contribution in [0.3, 0.4) is 0 Å². The van der Waals surface area contributed by atoms with E-state index >= 15 is 0 Å². The number of nitrogens with one attached hydrogen (secondary N) is 1. The minimum Gasteiger partial charge on any atom is -0.341 e. The summed E-state index contributed by atoms with van der Waals surface area (Å²) >= 11 is 3.31. The lowest BCUT2D eigenvalue weighted by Crippen LogP contribution is -2.47. The van der Waals surface area contributed by atoms with Crippen molar-refractivity contribution in [3.8, 4) is 0 Å². The quantitative estimate of drug-likeness (QED) is 0.789. The number of piperidine rings is 1. The van der Waals surface area contributed by atoms with Crippen LogP contribution >= 0.6 is 15.9 Å². The highest BCUT2D eigenvalue weighted by atomic mass is 79.9. The number of rotatable bonds is 4. The molecule has 0 bridgehead atoms. The van der Waals surface area contributed by atoms with Crippen molar-refractivity contribution in [2.75, 3.05) is 26.7 Å². The molecule has 7 heteroatoms. The van der Waals surface area contributed by atoms with Crippen molar-refractivity contribution in [2.24, 2.45) is 0 Å². The van der Waals surface area contributed by atoms with Crippen LogP contribution in [0.15, 0.2) is 22.7 Å². The van der Waals surface area contributed by atoms with Crippen molar-refractivity contribution in [3.63, 3.8) is 0 Å². The molecule has 1 aromatic rings. The molecule has 0 aromatic heterocycles. The highest BCUT2D eigenvalue weighted by Gasteiger charge is 2.36. The molecule has 128 valence electrons. The zero-order valence-corrected chi connectivity index (χ0v) is 15.1. The number of hydrogen-bond donors (Lipinski definition) is 1. The molecule has 1 fully saturated rings. The molecule has 2 heterocycles. The SMILES string of the molecule is CNC1CCCN(C(=O)CCN2C(=O)c3ccc(Br)cc3C2=O)C1. The molecule has 0 saturated carbocycles. The van der Waals surface area contributed by atoms with E-state index in [1.165, 1.54) is 4.90 Å². The van der Waals surface area contributed by atoms with E-state index < -0.39 is 0 Å². The number of hydrogen-bond acceptors (Lipinski definition) is 4. The molecule has 24 heavy (non-hydrogen) atoms. The van der Waals surface area contributed by atoms with E-state index in [1.54, 1.807) is 18.2 Å². The van der Waals surface area contributed by atoms with Gasteiger partial charge in [-0.05, 0) is 38.1 Å². The predicted octanol–water partition coefficient (Wildman–Crippen LogP) is 1.65. The molecule has 1 saturated heterocycles. The van der Waals surface area contributed by atoms with Crippen LogP contribution in [-0.2, 0) is 4.79 Å². The van der Waals surface area contributed by atoms with Gasteiger partial charge in [-0.2, -0.15) is 0 Å². The topological polar surface area (TPSA) is 69.7 Å². The zero-order chi connectivity index (χ0) is 17.3. The third-order valence-electron chi connectivity index (χ3n) is 4.66. The normalized spacial score (nSPS) is 20.5. The fraction of sp³-hybridized carbons (Fsp3) is 0.471. The summed E-state index contributed by atoms with van der Waals surface area (Å²) < 4.78 is 0.756. The second-order valence-corrected chi connectivity index (χ2v) is 7.09. The maximum atomic E-state index is 12.4. The van der Waals surface area contributed by atoms with Gasteiger partial charge in [0.05, 0.1) is 11.1 Å². The first kappa shape index (κ1) is 17.1. The molecule has 3 rings (SSSR count). The summed E-state index contributed by atoms with van der Waals surface area (Å²) in [6.07, 6.45) is 2.20. The molecule has 6 nitrogen and oxygen atoms in total. The number of nitrogens with zero attached hydrogens (tertiary/aromatic N) is 2. The van der Waals surface area contributed by atoms with Crippen molar-refractivity contribution in [3.05, 3.63) is 33.8 Å². The number of benzene rings is 1. The number of imide groups is 1. The van der Waals surface area contributed by atoms with E-state index in [2.05, 4.69) is 21.2 Å². The first-order valence-electron chi connectivity index (χ1n) is 8.12. The molecule has 0 aliphatic carbocycles. The Kier molecular flexibility index (Phi) is 5.01. The Labute approximate surface area is 149 Å². The number of amides is 3. The van der Waals surface area contributed by atoms with Crippen molar-refractivity contribution in [2.45, 2.75) is 25.3 Å². The maximum absolute atomic E-state index is 12.4. The van der Waals surface area contributed by atoms with Crippen LogP contribution < -0.4 is 5.32 Å². The number of carbonyl (C=O) groups excluding carboxylic acids is 3. The van der Waals surface area contributed by atoms with Gasteiger partial charge >= 0.3 is 0 Å². The second-order valence-electron chi connectivity index (χ2n) is 6.17. The summed E-state index contributed by atoms with van der Waals surface area (Å²) in [5.74, 6) is -0.648. The maximum Gasteiger partial charge on any atom is 0.261 e. The van der Waals surface area contributed by atoms with Gasteiger partial charge in [0.15, 0.2) is 0 Å². The average molecular weight is 394 g/mol. The van der Waals surface area contributed by atoms with Gasteiger partial charge in [0, 0.05) is 36.6 Å². The Bertz CT molecular complexity index is 692. The zero-order valence-electron chi connectivity index (χ0n) is 13.5. The van der Waals surface area contributed by atoms with Gasteiger partial charge in [-0.3, -0.25) is 19.3 Å². The number of likely N-dealkylation sites (N-methyl/N-ethyl adjacent to an activating group) is 1. The van der Waals surface area contributed by atoms with Crippen molar-refractivity contribution >= 4 is 33.7 Å². The molecule has 2 aliphatic rings. The highest BCUT2D eigenvalue weighted by Crippen LogP contribution is 2.26. The second kappa shape index (κ2) is 7.03. The Hall–Kier alpha value is -1.73. The van der Waals surface area contributed by atoms with Crippen molar-refractivity contribution < 1.29 is 14.4 Å². The smallest absolute Gasteiger partial charge is 0.261 e. The Morgan fingerprint density at radius 2 is 2.04 bits per heavy atom. The molecular weight excluding hydrogens is 374 g/mol. The summed E-state index contributed by atoms with van der Waals surface area (Å²) in [6, 6.07) is 5.35. The van der Waals surface area contributed by atoms with Crippen LogP contribution in [0.5, 0.6) is 0 Å². The first-order chi connectivity index (χ1) is 11.5. The van der Waals surface area contributed by atoms with Crippen LogP contribution in [0.1, 0.15) is 40.0 Å². The molecule has 1 aromatic carbocycles. The Morgan fingerprint density at radius 1 is 1.29 bits per heavy atom. The van der Waals surface area contributed by atoms with E-state index in [4.69, 9.17) is 0 Å². The number of halogens is 1. The average Bonchev–Trinajstić information content (AvgIpc) is 2.83. The van der Waals surface area contributed by atoms with Gasteiger partial charge < -0.3 is 10.2 Å². The van der Waals surface area contributed by atoms with Crippen LogP contribution in [0.4, 0.5) is 0 Å². The molecule has 0 radical (unpaired) electrons. The summed E-state index contributed by atoms with van der Waals surface area (Å²) in [5.41, 5.74) is 0.805. The first-order valence-corrected chi connectivity index (χ1v) is 8.91. The van der Waals surface area contributed by atoms with E-state index in [-0.39, 0.29) is 30.7 Å². The van der Waals surface area contributed by atoms with Crippen molar-refractivity contribution in [1.29, 1.82) is 0 Å². The van der Waals surface area contributed by atoms with Gasteiger partial charge in [0.2, 0.25) is 5.91 Å². The summed E-state index contributed by atoms with van der Waals surface area (Å²) in [5, 5.41) is 3.20. The number of carbonyl (C=O) groups is 3. The lowest BCUT2D eigenvalue weighted by atomic mass is 10.1. The van der Waals surface area contributed by atoms with Crippen LogP contribution in [-0.4, -0.2) is 60.2 Å². The van der Waals surface area contributed by atoms with Gasteiger partial charge in [-0.1, -0.05) is 15.9 Å². The number of likely N-dealkylation sites (tertiary alicyclic amines) is 1. The van der Waals surface area contributed by atoms with Gasteiger partial charge in [0.25, 0.3) is 11.8 Å². The minimum atomic E-state index is -0.323. The minimum absolute atomic E-state index is 0.00677. The lowest BCUT2D eigenvalue weighted by molar-refractivity contribution is -0.132. The van der Waals surface area contributed by atoms with Crippen LogP contribution in [0.25, 0.3) is 0 Å². The highest BCUT2D eigenvalue weighted by molar-refractivity contribution is 9.10. The monoisotopic (exact) mass is 393 g/mol. The Balaban J connectivity index is 1.62. The predicted molar refractivity (Wildman–Crippen MR) is 92.8 cm³/mol. The fourth-order valence-electron chi connectivity index (χ4n) is 3.27. The summed E-state index contributed by atoms with van der Waals surface area (Å²) in [7, 11) is 1.90. The summed E-state index contributed by atoms with van der Waals surface area (Å²) in [4.78, 5) is 40.1. The number of fused-ring (bicyclic) bond motifs is 1. The Morgan fingerprint density at radius 3 is 2.79 bits per heavy atom. The van der Waals surface area contributed by atoms with E-state index in [0.717, 1.165) is 23.9 Å². The van der Waals surface area contributed by atoms with Crippen LogP contribution in [0, 0.1) is 0 Å². The lowest BCUT2D eigenvalue weighted by Gasteiger charge is -2.33. The molecule has 1 unspecified atom stereocenters. The third kappa shape index (κ3) is 3.23. The van der Waals surface area contributed by atoms with E-state index in [9.17, 15) is 14.4 Å². The molecular formula is C17H20BrN3O3. The fourth-order valence-corrected chi connectivity index (χ4v) is 3.63. The molecule has 3 amide bonds. The molecule has 0 spiro atoms. The van der Waals surface area contributed by atoms with E-state index in [0.29, 0.717) is 23.7 Å². The third-order valence-corrected chi connectivity index (χ3v) is 5.16.